The molecule has 0 aliphatic carbocycles. The highest BCUT2D eigenvalue weighted by molar-refractivity contribution is 5.50. The van der Waals surface area contributed by atoms with Gasteiger partial charge < -0.3 is 9.47 Å². The first-order valence-electron chi connectivity index (χ1n) is 7.76. The lowest BCUT2D eigenvalue weighted by molar-refractivity contribution is 0.365. The van der Waals surface area contributed by atoms with Gasteiger partial charge in [0, 0.05) is 32.0 Å². The molecule has 0 bridgehead atoms. The van der Waals surface area contributed by atoms with Crippen LogP contribution in [0.25, 0.3) is 0 Å². The van der Waals surface area contributed by atoms with Crippen LogP contribution in [0.5, 0.6) is 0 Å². The molecule has 1 fully saturated rings. The summed E-state index contributed by atoms with van der Waals surface area (Å²) in [5.74, 6) is 1.62. The Labute approximate surface area is 131 Å². The van der Waals surface area contributed by atoms with E-state index in [0.29, 0.717) is 11.5 Å². The number of pyridine rings is 1. The number of piperidine rings is 1. The number of nitriles is 1. The number of aromatic nitrogens is 3. The van der Waals surface area contributed by atoms with Crippen molar-refractivity contribution in [3.05, 3.63) is 41.6 Å². The number of aryl methyl sites for hydroxylation is 2. The molecule has 2 aromatic rings. The smallest absolute Gasteiger partial charge is 0.129 e. The largest absolute Gasteiger partial charge is 0.356 e. The molecular weight excluding hydrogens is 274 g/mol. The minimum Gasteiger partial charge on any atom is -0.356 e. The highest BCUT2D eigenvalue weighted by atomic mass is 15.2. The van der Waals surface area contributed by atoms with E-state index in [1.807, 2.05) is 38.6 Å². The van der Waals surface area contributed by atoms with Gasteiger partial charge in [0.2, 0.25) is 0 Å². The molecule has 0 saturated carbocycles. The minimum atomic E-state index is 0.612. The average molecular weight is 295 g/mol. The molecule has 3 heterocycles. The van der Waals surface area contributed by atoms with Gasteiger partial charge in [0.05, 0.1) is 17.6 Å². The third-order valence-corrected chi connectivity index (χ3v) is 4.37. The summed E-state index contributed by atoms with van der Waals surface area (Å²) in [4.78, 5) is 11.1. The Hall–Kier alpha value is -2.35. The van der Waals surface area contributed by atoms with Crippen LogP contribution in [0.2, 0.25) is 0 Å². The van der Waals surface area contributed by atoms with Crippen LogP contribution in [-0.2, 0) is 6.54 Å². The molecule has 3 rings (SSSR count). The molecule has 0 aromatic carbocycles. The molecule has 5 nitrogen and oxygen atoms in total. The highest BCUT2D eigenvalue weighted by Gasteiger charge is 2.22. The van der Waals surface area contributed by atoms with Crippen molar-refractivity contribution in [2.75, 3.05) is 18.0 Å². The molecule has 5 heteroatoms. The number of hydrogen-bond donors (Lipinski definition) is 0. The van der Waals surface area contributed by atoms with Gasteiger partial charge >= 0.3 is 0 Å². The van der Waals surface area contributed by atoms with Crippen LogP contribution in [0.1, 0.15) is 29.7 Å². The van der Waals surface area contributed by atoms with Crippen LogP contribution >= 0.6 is 0 Å². The van der Waals surface area contributed by atoms with E-state index in [-0.39, 0.29) is 0 Å². The quantitative estimate of drug-likeness (QED) is 0.873. The van der Waals surface area contributed by atoms with Gasteiger partial charge in [0.25, 0.3) is 0 Å². The van der Waals surface area contributed by atoms with Crippen molar-refractivity contribution in [1.29, 1.82) is 5.26 Å². The lowest BCUT2D eigenvalue weighted by Gasteiger charge is -2.34. The molecule has 22 heavy (non-hydrogen) atoms. The number of rotatable bonds is 3. The Kier molecular flexibility index (Phi) is 4.10. The summed E-state index contributed by atoms with van der Waals surface area (Å²) in [5, 5.41) is 9.17. The fourth-order valence-corrected chi connectivity index (χ4v) is 3.26. The molecule has 0 amide bonds. The van der Waals surface area contributed by atoms with Crippen LogP contribution in [0, 0.1) is 31.1 Å². The van der Waals surface area contributed by atoms with E-state index in [2.05, 4.69) is 25.5 Å². The van der Waals surface area contributed by atoms with Crippen molar-refractivity contribution in [2.24, 2.45) is 5.92 Å². The van der Waals surface area contributed by atoms with E-state index in [9.17, 15) is 5.26 Å². The second-order valence-electron chi connectivity index (χ2n) is 6.08. The molecule has 0 radical (unpaired) electrons. The summed E-state index contributed by atoms with van der Waals surface area (Å²) in [5.41, 5.74) is 2.55. The zero-order valence-electron chi connectivity index (χ0n) is 13.2. The van der Waals surface area contributed by atoms with Crippen molar-refractivity contribution in [2.45, 2.75) is 33.2 Å². The van der Waals surface area contributed by atoms with Gasteiger partial charge in [-0.2, -0.15) is 5.26 Å². The third-order valence-electron chi connectivity index (χ3n) is 4.37. The molecule has 1 saturated heterocycles. The monoisotopic (exact) mass is 295 g/mol. The zero-order chi connectivity index (χ0) is 15.5. The van der Waals surface area contributed by atoms with E-state index in [1.54, 1.807) is 0 Å². The highest BCUT2D eigenvalue weighted by Crippen LogP contribution is 2.25. The van der Waals surface area contributed by atoms with Gasteiger partial charge in [-0.05, 0) is 44.2 Å². The first-order valence-corrected chi connectivity index (χ1v) is 7.76. The summed E-state index contributed by atoms with van der Waals surface area (Å²) < 4.78 is 2.15. The first-order chi connectivity index (χ1) is 10.7. The summed E-state index contributed by atoms with van der Waals surface area (Å²) >= 11 is 0. The van der Waals surface area contributed by atoms with E-state index in [1.165, 1.54) is 12.8 Å². The Morgan fingerprint density at radius 1 is 1.41 bits per heavy atom. The zero-order valence-corrected chi connectivity index (χ0v) is 13.2. The second kappa shape index (κ2) is 6.18. The van der Waals surface area contributed by atoms with Gasteiger partial charge in [-0.25, -0.2) is 9.97 Å². The maximum atomic E-state index is 9.17. The maximum Gasteiger partial charge on any atom is 0.129 e. The van der Waals surface area contributed by atoms with Crippen molar-refractivity contribution in [3.63, 3.8) is 0 Å². The fraction of sp³-hybridized carbons (Fsp3) is 0.471. The third kappa shape index (κ3) is 2.96. The van der Waals surface area contributed by atoms with Crippen molar-refractivity contribution < 1.29 is 0 Å². The SMILES string of the molecule is Cc1cc(N2CCCC(Cn3ccnc3)C2)nc(C)c1C#N. The van der Waals surface area contributed by atoms with Crippen molar-refractivity contribution in [3.8, 4) is 6.07 Å². The predicted molar refractivity (Wildman–Crippen MR) is 85.6 cm³/mol. The minimum absolute atomic E-state index is 0.612. The Bertz CT molecular complexity index is 661. The second-order valence-corrected chi connectivity index (χ2v) is 6.08. The molecule has 1 aliphatic rings. The molecule has 0 N–H and O–H groups in total. The lowest BCUT2D eigenvalue weighted by atomic mass is 9.97. The van der Waals surface area contributed by atoms with Gasteiger partial charge in [-0.1, -0.05) is 0 Å². The fourth-order valence-electron chi connectivity index (χ4n) is 3.26. The van der Waals surface area contributed by atoms with Crippen LogP contribution in [0.4, 0.5) is 5.82 Å². The topological polar surface area (TPSA) is 57.7 Å². The summed E-state index contributed by atoms with van der Waals surface area (Å²) in [7, 11) is 0. The van der Waals surface area contributed by atoms with Crippen LogP contribution in [-0.4, -0.2) is 27.6 Å². The van der Waals surface area contributed by atoms with Crippen LogP contribution in [0.3, 0.4) is 0 Å². The van der Waals surface area contributed by atoms with Crippen LogP contribution < -0.4 is 4.90 Å². The number of hydrogen-bond acceptors (Lipinski definition) is 4. The predicted octanol–water partition coefficient (Wildman–Crippen LogP) is 2.68. The van der Waals surface area contributed by atoms with E-state index < -0.39 is 0 Å². The number of anilines is 1. The van der Waals surface area contributed by atoms with Crippen LogP contribution in [0.15, 0.2) is 24.8 Å². The van der Waals surface area contributed by atoms with E-state index in [0.717, 1.165) is 36.7 Å². The van der Waals surface area contributed by atoms with E-state index >= 15 is 0 Å². The number of imidazole rings is 1. The first kappa shape index (κ1) is 14.6. The standard InChI is InChI=1S/C17H21N5/c1-13-8-17(20-14(2)16(13)9-18)22-6-3-4-15(11-22)10-21-7-5-19-12-21/h5,7-8,12,15H,3-4,6,10-11H2,1-2H3. The summed E-state index contributed by atoms with van der Waals surface area (Å²) in [6.07, 6.45) is 8.15. The normalized spacial score (nSPS) is 18.2. The van der Waals surface area contributed by atoms with Crippen molar-refractivity contribution in [1.82, 2.24) is 14.5 Å². The van der Waals surface area contributed by atoms with Gasteiger partial charge in [0.1, 0.15) is 11.9 Å². The molecule has 1 aliphatic heterocycles. The Morgan fingerprint density at radius 3 is 2.95 bits per heavy atom. The summed E-state index contributed by atoms with van der Waals surface area (Å²) in [6.45, 7) is 6.96. The van der Waals surface area contributed by atoms with Gasteiger partial charge in [0.15, 0.2) is 0 Å². The molecule has 0 spiro atoms. The van der Waals surface area contributed by atoms with Gasteiger partial charge in [-0.15, -0.1) is 0 Å². The maximum absolute atomic E-state index is 9.17. The molecular formula is C17H21N5. The van der Waals surface area contributed by atoms with Crippen molar-refractivity contribution >= 4 is 5.82 Å². The van der Waals surface area contributed by atoms with E-state index in [4.69, 9.17) is 0 Å². The molecule has 114 valence electrons. The van der Waals surface area contributed by atoms with Gasteiger partial charge in [-0.3, -0.25) is 0 Å². The molecule has 1 atom stereocenters. The lowest BCUT2D eigenvalue weighted by Crippen LogP contribution is -2.37. The molecule has 2 aromatic heterocycles. The molecule has 1 unspecified atom stereocenters. The Morgan fingerprint density at radius 2 is 2.27 bits per heavy atom. The number of nitrogens with zero attached hydrogens (tertiary/aromatic N) is 5. The Balaban J connectivity index is 1.76. The summed E-state index contributed by atoms with van der Waals surface area (Å²) in [6, 6.07) is 4.29. The average Bonchev–Trinajstić information content (AvgIpc) is 3.00.